The topological polar surface area (TPSA) is 84.1 Å². The number of aromatic nitrogens is 2. The minimum atomic E-state index is 0.0386. The maximum atomic E-state index is 13.1. The zero-order valence-corrected chi connectivity index (χ0v) is 17.8. The lowest BCUT2D eigenvalue weighted by molar-refractivity contribution is 0.0993. The molecule has 0 spiro atoms. The number of rotatable bonds is 5. The summed E-state index contributed by atoms with van der Waals surface area (Å²) in [5.41, 5.74) is 11.3. The van der Waals surface area contributed by atoms with Gasteiger partial charge in [-0.15, -0.1) is 0 Å². The van der Waals surface area contributed by atoms with Crippen LogP contribution in [0.3, 0.4) is 0 Å². The minimum absolute atomic E-state index is 0.0386. The van der Waals surface area contributed by atoms with E-state index in [1.165, 1.54) is 0 Å². The van der Waals surface area contributed by atoms with Crippen molar-refractivity contribution in [3.63, 3.8) is 0 Å². The average Bonchev–Trinajstić information content (AvgIpc) is 2.85. The molecule has 6 nitrogen and oxygen atoms in total. The number of hydrogen-bond acceptors (Lipinski definition) is 6. The number of anilines is 2. The Morgan fingerprint density at radius 2 is 1.75 bits per heavy atom. The van der Waals surface area contributed by atoms with E-state index in [2.05, 4.69) is 21.3 Å². The summed E-state index contributed by atoms with van der Waals surface area (Å²) < 4.78 is 0. The largest absolute Gasteiger partial charge is 0.398 e. The van der Waals surface area contributed by atoms with Crippen molar-refractivity contribution in [2.75, 3.05) is 36.8 Å². The van der Waals surface area contributed by atoms with Crippen molar-refractivity contribution in [1.29, 1.82) is 0 Å². The van der Waals surface area contributed by atoms with Crippen LogP contribution in [0.15, 0.2) is 73.1 Å². The Bertz CT molecular complexity index is 1270. The fourth-order valence-corrected chi connectivity index (χ4v) is 4.12. The molecule has 0 atom stereocenters. The number of nitrogens with one attached hydrogen (secondary N) is 1. The maximum absolute atomic E-state index is 13.1. The second kappa shape index (κ2) is 8.77. The summed E-state index contributed by atoms with van der Waals surface area (Å²) in [5, 5.41) is 4.33. The molecular weight excluding hydrogens is 398 g/mol. The molecule has 0 radical (unpaired) electrons. The predicted octanol–water partition coefficient (Wildman–Crippen LogP) is 3.71. The molecule has 1 aliphatic rings. The quantitative estimate of drug-likeness (QED) is 0.376. The number of piperazine rings is 1. The first-order valence-corrected chi connectivity index (χ1v) is 10.9. The van der Waals surface area contributed by atoms with Gasteiger partial charge in [-0.2, -0.15) is 0 Å². The van der Waals surface area contributed by atoms with Gasteiger partial charge in [-0.25, -0.2) is 4.98 Å². The van der Waals surface area contributed by atoms with E-state index >= 15 is 0 Å². The predicted molar refractivity (Wildman–Crippen MR) is 129 cm³/mol. The fraction of sp³-hybridized carbons (Fsp3) is 0.192. The number of fused-ring (bicyclic) bond motifs is 1. The van der Waals surface area contributed by atoms with Crippen LogP contribution in [0.25, 0.3) is 22.0 Å². The number of pyridine rings is 2. The van der Waals surface area contributed by atoms with E-state index in [4.69, 9.17) is 10.7 Å². The van der Waals surface area contributed by atoms with Crippen LogP contribution in [0.1, 0.15) is 15.9 Å². The third-order valence-corrected chi connectivity index (χ3v) is 5.95. The SMILES string of the molecule is Nc1ccc(-c2ccncc2)cc1CC(=O)c1ccc2nc(N3CCNCC3)ccc2c1. The molecule has 0 bridgehead atoms. The van der Waals surface area contributed by atoms with Crippen LogP contribution in [0, 0.1) is 0 Å². The van der Waals surface area contributed by atoms with Crippen LogP contribution in [0.2, 0.25) is 0 Å². The van der Waals surface area contributed by atoms with Crippen molar-refractivity contribution in [3.8, 4) is 11.1 Å². The van der Waals surface area contributed by atoms with Crippen molar-refractivity contribution in [3.05, 3.63) is 84.2 Å². The summed E-state index contributed by atoms with van der Waals surface area (Å²) in [6, 6.07) is 19.5. The molecule has 0 aliphatic carbocycles. The Hall–Kier alpha value is -3.77. The number of nitrogens with two attached hydrogens (primary N) is 1. The third kappa shape index (κ3) is 4.18. The summed E-state index contributed by atoms with van der Waals surface area (Å²) in [6.45, 7) is 3.85. The molecule has 32 heavy (non-hydrogen) atoms. The van der Waals surface area contributed by atoms with Crippen molar-refractivity contribution < 1.29 is 4.79 Å². The molecule has 3 N–H and O–H groups in total. The molecule has 4 aromatic rings. The number of ketones is 1. The van der Waals surface area contributed by atoms with Crippen molar-refractivity contribution in [2.45, 2.75) is 6.42 Å². The van der Waals surface area contributed by atoms with Gasteiger partial charge in [-0.05, 0) is 71.3 Å². The van der Waals surface area contributed by atoms with Crippen molar-refractivity contribution in [2.24, 2.45) is 0 Å². The molecule has 1 fully saturated rings. The van der Waals surface area contributed by atoms with Crippen LogP contribution >= 0.6 is 0 Å². The first-order chi connectivity index (χ1) is 15.7. The maximum Gasteiger partial charge on any atom is 0.167 e. The van der Waals surface area contributed by atoms with Crippen LogP contribution in [-0.2, 0) is 6.42 Å². The summed E-state index contributed by atoms with van der Waals surface area (Å²) in [7, 11) is 0. The lowest BCUT2D eigenvalue weighted by atomic mass is 9.97. The van der Waals surface area contributed by atoms with Gasteiger partial charge < -0.3 is 16.0 Å². The first kappa shape index (κ1) is 20.2. The summed E-state index contributed by atoms with van der Waals surface area (Å²) in [6.07, 6.45) is 3.77. The fourth-order valence-electron chi connectivity index (χ4n) is 4.12. The van der Waals surface area contributed by atoms with Crippen LogP contribution in [-0.4, -0.2) is 41.9 Å². The number of hydrogen-bond donors (Lipinski definition) is 2. The Morgan fingerprint density at radius 1 is 0.938 bits per heavy atom. The Balaban J connectivity index is 1.38. The summed E-state index contributed by atoms with van der Waals surface area (Å²) in [5.74, 6) is 1.02. The molecule has 5 rings (SSSR count). The zero-order chi connectivity index (χ0) is 21.9. The molecule has 160 valence electrons. The van der Waals surface area contributed by atoms with Gasteiger partial charge >= 0.3 is 0 Å². The van der Waals surface area contributed by atoms with E-state index in [0.29, 0.717) is 11.3 Å². The average molecular weight is 424 g/mol. The molecule has 1 aliphatic heterocycles. The van der Waals surface area contributed by atoms with Gasteiger partial charge in [0.05, 0.1) is 5.52 Å². The highest BCUT2D eigenvalue weighted by Crippen LogP contribution is 2.25. The molecule has 2 aromatic heterocycles. The number of nitrogens with zero attached hydrogens (tertiary/aromatic N) is 3. The molecule has 0 saturated carbocycles. The summed E-state index contributed by atoms with van der Waals surface area (Å²) >= 11 is 0. The van der Waals surface area contributed by atoms with Crippen LogP contribution in [0.4, 0.5) is 11.5 Å². The Labute approximate surface area is 187 Å². The lowest BCUT2D eigenvalue weighted by Crippen LogP contribution is -2.43. The summed E-state index contributed by atoms with van der Waals surface area (Å²) in [4.78, 5) is 24.2. The molecule has 6 heteroatoms. The third-order valence-electron chi connectivity index (χ3n) is 5.95. The van der Waals surface area contributed by atoms with E-state index in [9.17, 15) is 4.79 Å². The number of carbonyl (C=O) groups excluding carboxylic acids is 1. The Morgan fingerprint density at radius 3 is 2.56 bits per heavy atom. The number of Topliss-reactive ketones (excluding diaryl/α,β-unsaturated/α-hetero) is 1. The second-order valence-electron chi connectivity index (χ2n) is 8.06. The van der Waals surface area contributed by atoms with Gasteiger partial charge in [0.1, 0.15) is 5.82 Å². The van der Waals surface area contributed by atoms with Gasteiger partial charge in [-0.1, -0.05) is 6.07 Å². The van der Waals surface area contributed by atoms with E-state index in [1.54, 1.807) is 12.4 Å². The lowest BCUT2D eigenvalue weighted by Gasteiger charge is -2.28. The van der Waals surface area contributed by atoms with Gasteiger partial charge in [0, 0.05) is 61.6 Å². The number of carbonyl (C=O) groups is 1. The molecule has 1 saturated heterocycles. The van der Waals surface area contributed by atoms with Gasteiger partial charge in [0.2, 0.25) is 0 Å². The van der Waals surface area contributed by atoms with E-state index in [-0.39, 0.29) is 12.2 Å². The van der Waals surface area contributed by atoms with E-state index < -0.39 is 0 Å². The normalized spacial score (nSPS) is 13.9. The minimum Gasteiger partial charge on any atom is -0.398 e. The number of nitrogen functional groups attached to an aromatic ring is 1. The monoisotopic (exact) mass is 423 g/mol. The molecule has 0 amide bonds. The molecule has 2 aromatic carbocycles. The first-order valence-electron chi connectivity index (χ1n) is 10.9. The molecule has 0 unspecified atom stereocenters. The second-order valence-corrected chi connectivity index (χ2v) is 8.06. The Kier molecular flexibility index (Phi) is 5.52. The highest BCUT2D eigenvalue weighted by atomic mass is 16.1. The smallest absolute Gasteiger partial charge is 0.167 e. The van der Waals surface area contributed by atoms with Crippen LogP contribution < -0.4 is 16.0 Å². The van der Waals surface area contributed by atoms with Crippen molar-refractivity contribution in [1.82, 2.24) is 15.3 Å². The van der Waals surface area contributed by atoms with Gasteiger partial charge in [0.15, 0.2) is 5.78 Å². The standard InChI is InChI=1S/C26H25N5O/c27-23-4-1-19(18-7-9-28-10-8-18)15-22(23)17-25(32)21-2-5-24-20(16-21)3-6-26(30-24)31-13-11-29-12-14-31/h1-10,15-16,29H,11-14,17,27H2. The van der Waals surface area contributed by atoms with Gasteiger partial charge in [-0.3, -0.25) is 9.78 Å². The molecule has 3 heterocycles. The molecular formula is C26H25N5O. The van der Waals surface area contributed by atoms with E-state index in [0.717, 1.165) is 59.6 Å². The number of benzene rings is 2. The highest BCUT2D eigenvalue weighted by Gasteiger charge is 2.14. The zero-order valence-electron chi connectivity index (χ0n) is 17.8. The van der Waals surface area contributed by atoms with E-state index in [1.807, 2.05) is 54.6 Å². The van der Waals surface area contributed by atoms with Crippen molar-refractivity contribution >= 4 is 28.2 Å². The van der Waals surface area contributed by atoms with Crippen LogP contribution in [0.5, 0.6) is 0 Å². The highest BCUT2D eigenvalue weighted by molar-refractivity contribution is 6.01. The van der Waals surface area contributed by atoms with Gasteiger partial charge in [0.25, 0.3) is 0 Å².